The fraction of sp³-hybridized carbons (Fsp3) is 0.200. The summed E-state index contributed by atoms with van der Waals surface area (Å²) in [4.78, 5) is 0. The predicted octanol–water partition coefficient (Wildman–Crippen LogP) is 3.63. The van der Waals surface area contributed by atoms with Gasteiger partial charge in [0.1, 0.15) is 0 Å². The summed E-state index contributed by atoms with van der Waals surface area (Å²) in [6.45, 7) is 2.20. The van der Waals surface area contributed by atoms with Gasteiger partial charge in [0, 0.05) is 0 Å². The molecule has 0 saturated carbocycles. The van der Waals surface area contributed by atoms with Crippen molar-refractivity contribution in [3.8, 4) is 0 Å². The Kier molecular flexibility index (Phi) is 3.37. The van der Waals surface area contributed by atoms with Gasteiger partial charge >= 0.3 is 0 Å². The van der Waals surface area contributed by atoms with E-state index in [9.17, 15) is 0 Å². The van der Waals surface area contributed by atoms with Crippen LogP contribution in [0.5, 0.6) is 0 Å². The highest BCUT2D eigenvalue weighted by molar-refractivity contribution is 5.84. The van der Waals surface area contributed by atoms with Gasteiger partial charge < -0.3 is 5.11 Å². The number of rotatable bonds is 3. The van der Waals surface area contributed by atoms with Crippen LogP contribution >= 0.6 is 0 Å². The summed E-state index contributed by atoms with van der Waals surface area (Å²) in [5.41, 5.74) is 2.22. The molecule has 0 aromatic heterocycles. The first-order valence-electron chi connectivity index (χ1n) is 5.62. The van der Waals surface area contributed by atoms with E-state index in [-0.39, 0.29) is 6.61 Å². The van der Waals surface area contributed by atoms with Crippen molar-refractivity contribution in [2.75, 3.05) is 6.61 Å². The molecule has 0 aliphatic heterocycles. The minimum atomic E-state index is 0.142. The number of hydrogen-bond donors (Lipinski definition) is 1. The monoisotopic (exact) mass is 212 g/mol. The molecule has 1 N–H and O–H groups in total. The Bertz CT molecular complexity index is 506. The maximum absolute atomic E-state index is 9.13. The lowest BCUT2D eigenvalue weighted by atomic mass is 10.0. The minimum absolute atomic E-state index is 0.142. The van der Waals surface area contributed by atoms with Crippen LogP contribution in [0.2, 0.25) is 0 Å². The molecule has 0 unspecified atom stereocenters. The number of fused-ring (bicyclic) bond motifs is 1. The highest BCUT2D eigenvalue weighted by Gasteiger charge is 1.96. The van der Waals surface area contributed by atoms with Gasteiger partial charge in [-0.15, -0.1) is 0 Å². The van der Waals surface area contributed by atoms with E-state index in [0.29, 0.717) is 0 Å². The highest BCUT2D eigenvalue weighted by atomic mass is 16.3. The molecule has 0 aliphatic rings. The third kappa shape index (κ3) is 2.31. The zero-order valence-electron chi connectivity index (χ0n) is 9.48. The maximum Gasteiger partial charge on any atom is 0.0644 e. The Hall–Kier alpha value is -1.60. The quantitative estimate of drug-likeness (QED) is 0.823. The van der Waals surface area contributed by atoms with Crippen molar-refractivity contribution in [2.45, 2.75) is 13.3 Å². The molecule has 0 heterocycles. The molecule has 0 saturated heterocycles. The van der Waals surface area contributed by atoms with Crippen molar-refractivity contribution in [3.05, 3.63) is 53.6 Å². The van der Waals surface area contributed by atoms with Gasteiger partial charge in [0.25, 0.3) is 0 Å². The van der Waals surface area contributed by atoms with Crippen LogP contribution < -0.4 is 0 Å². The van der Waals surface area contributed by atoms with Crippen LogP contribution in [0, 0.1) is 0 Å². The summed E-state index contributed by atoms with van der Waals surface area (Å²) >= 11 is 0. The zero-order chi connectivity index (χ0) is 11.4. The van der Waals surface area contributed by atoms with Gasteiger partial charge in [-0.3, -0.25) is 0 Å². The van der Waals surface area contributed by atoms with Crippen LogP contribution in [-0.2, 0) is 0 Å². The van der Waals surface area contributed by atoms with Gasteiger partial charge in [-0.05, 0) is 34.4 Å². The third-order valence-corrected chi connectivity index (χ3v) is 2.80. The first-order chi connectivity index (χ1) is 7.83. The Morgan fingerprint density at radius 2 is 1.88 bits per heavy atom. The Morgan fingerprint density at radius 3 is 2.56 bits per heavy atom. The van der Waals surface area contributed by atoms with Crippen molar-refractivity contribution in [1.29, 1.82) is 0 Å². The van der Waals surface area contributed by atoms with Gasteiger partial charge in [-0.2, -0.15) is 0 Å². The van der Waals surface area contributed by atoms with E-state index in [4.69, 9.17) is 5.11 Å². The molecule has 1 heteroatoms. The molecule has 1 nitrogen and oxygen atoms in total. The molecule has 0 fully saturated rings. The average Bonchev–Trinajstić information content (AvgIpc) is 2.35. The van der Waals surface area contributed by atoms with E-state index >= 15 is 0 Å². The van der Waals surface area contributed by atoms with Gasteiger partial charge in [0.05, 0.1) is 6.61 Å². The van der Waals surface area contributed by atoms with Crippen LogP contribution in [0.3, 0.4) is 0 Å². The fourth-order valence-corrected chi connectivity index (χ4v) is 1.79. The van der Waals surface area contributed by atoms with E-state index in [1.807, 2.05) is 12.1 Å². The smallest absolute Gasteiger partial charge is 0.0644 e. The van der Waals surface area contributed by atoms with Gasteiger partial charge in [0.15, 0.2) is 0 Å². The molecule has 2 aromatic rings. The third-order valence-electron chi connectivity index (χ3n) is 2.80. The van der Waals surface area contributed by atoms with Crippen LogP contribution in [0.4, 0.5) is 0 Å². The van der Waals surface area contributed by atoms with Crippen molar-refractivity contribution < 1.29 is 5.11 Å². The Balaban J connectivity index is 2.43. The summed E-state index contributed by atoms with van der Waals surface area (Å²) in [7, 11) is 0. The highest BCUT2D eigenvalue weighted by Crippen LogP contribution is 2.18. The second-order valence-corrected chi connectivity index (χ2v) is 3.92. The lowest BCUT2D eigenvalue weighted by Crippen LogP contribution is -1.87. The van der Waals surface area contributed by atoms with Crippen LogP contribution in [0.1, 0.15) is 18.9 Å². The van der Waals surface area contributed by atoms with Crippen LogP contribution in [0.25, 0.3) is 16.8 Å². The van der Waals surface area contributed by atoms with E-state index in [1.165, 1.54) is 10.8 Å². The second-order valence-electron chi connectivity index (χ2n) is 3.92. The SMILES string of the molecule is CCC(=Cc1ccc2ccccc2c1)CO. The molecule has 0 atom stereocenters. The number of hydrogen-bond acceptors (Lipinski definition) is 1. The zero-order valence-corrected chi connectivity index (χ0v) is 9.48. The van der Waals surface area contributed by atoms with Gasteiger partial charge in [0.2, 0.25) is 0 Å². The topological polar surface area (TPSA) is 20.2 Å². The van der Waals surface area contributed by atoms with Crippen molar-refractivity contribution in [2.24, 2.45) is 0 Å². The summed E-state index contributed by atoms with van der Waals surface area (Å²) in [5, 5.41) is 11.6. The number of aliphatic hydroxyl groups is 1. The average molecular weight is 212 g/mol. The van der Waals surface area contributed by atoms with E-state index < -0.39 is 0 Å². The summed E-state index contributed by atoms with van der Waals surface area (Å²) in [5.74, 6) is 0. The van der Waals surface area contributed by atoms with E-state index in [1.54, 1.807) is 0 Å². The van der Waals surface area contributed by atoms with E-state index in [0.717, 1.165) is 17.6 Å². The van der Waals surface area contributed by atoms with E-state index in [2.05, 4.69) is 43.3 Å². The molecule has 16 heavy (non-hydrogen) atoms. The van der Waals surface area contributed by atoms with Crippen LogP contribution in [0.15, 0.2) is 48.0 Å². The fourth-order valence-electron chi connectivity index (χ4n) is 1.79. The molecular formula is C15H16O. The largest absolute Gasteiger partial charge is 0.392 e. The standard InChI is InChI=1S/C15H16O/c1-2-12(11-16)9-13-7-8-14-5-3-4-6-15(14)10-13/h3-10,16H,2,11H2,1H3. The molecule has 0 amide bonds. The molecule has 2 aromatic carbocycles. The summed E-state index contributed by atoms with van der Waals surface area (Å²) in [6, 6.07) is 14.7. The molecule has 0 aliphatic carbocycles. The van der Waals surface area contributed by atoms with Crippen molar-refractivity contribution >= 4 is 16.8 Å². The van der Waals surface area contributed by atoms with Crippen LogP contribution in [-0.4, -0.2) is 11.7 Å². The predicted molar refractivity (Wildman–Crippen MR) is 69.3 cm³/mol. The van der Waals surface area contributed by atoms with Gasteiger partial charge in [-0.1, -0.05) is 49.4 Å². The normalized spacial score (nSPS) is 12.0. The molecule has 82 valence electrons. The second kappa shape index (κ2) is 4.95. The molecule has 0 radical (unpaired) electrons. The molecular weight excluding hydrogens is 196 g/mol. The first-order valence-corrected chi connectivity index (χ1v) is 5.62. The maximum atomic E-state index is 9.13. The lowest BCUT2D eigenvalue weighted by molar-refractivity contribution is 0.329. The molecule has 2 rings (SSSR count). The first kappa shape index (κ1) is 10.9. The lowest BCUT2D eigenvalue weighted by Gasteiger charge is -2.02. The molecule has 0 spiro atoms. The minimum Gasteiger partial charge on any atom is -0.392 e. The van der Waals surface area contributed by atoms with Crippen molar-refractivity contribution in [1.82, 2.24) is 0 Å². The van der Waals surface area contributed by atoms with Crippen molar-refractivity contribution in [3.63, 3.8) is 0 Å². The number of benzene rings is 2. The molecule has 0 bridgehead atoms. The summed E-state index contributed by atoms with van der Waals surface area (Å²) < 4.78 is 0. The Labute approximate surface area is 96.0 Å². The van der Waals surface area contributed by atoms with Gasteiger partial charge in [-0.25, -0.2) is 0 Å². The summed E-state index contributed by atoms with van der Waals surface area (Å²) in [6.07, 6.45) is 2.95. The Morgan fingerprint density at radius 1 is 1.12 bits per heavy atom. The number of aliphatic hydroxyl groups excluding tert-OH is 1.